The lowest BCUT2D eigenvalue weighted by molar-refractivity contribution is -0.125. The summed E-state index contributed by atoms with van der Waals surface area (Å²) < 4.78 is 5.36. The fraction of sp³-hybridized carbons (Fsp3) is 0.250. The van der Waals surface area contributed by atoms with Gasteiger partial charge in [0.05, 0.1) is 6.54 Å². The van der Waals surface area contributed by atoms with Crippen LogP contribution in [0.15, 0.2) is 42.5 Å². The fourth-order valence-electron chi connectivity index (χ4n) is 2.41. The normalized spacial score (nSPS) is 10.0. The van der Waals surface area contributed by atoms with Gasteiger partial charge in [0.15, 0.2) is 6.61 Å². The highest BCUT2D eigenvalue weighted by atomic mass is 16.5. The SMILES string of the molecule is CC(=O)Nc1ccc(OCC(=O)NCC(=O)Nc2c(C)cccc2C)cc1. The maximum atomic E-state index is 12.0. The molecular formula is C20H23N3O4. The Morgan fingerprint density at radius 2 is 1.52 bits per heavy atom. The first kappa shape index (κ1) is 20.0. The Morgan fingerprint density at radius 3 is 2.11 bits per heavy atom. The van der Waals surface area contributed by atoms with Crippen molar-refractivity contribution >= 4 is 29.1 Å². The first-order chi connectivity index (χ1) is 12.8. The third-order valence-electron chi connectivity index (χ3n) is 3.74. The van der Waals surface area contributed by atoms with Crippen molar-refractivity contribution in [2.45, 2.75) is 20.8 Å². The van der Waals surface area contributed by atoms with E-state index in [9.17, 15) is 14.4 Å². The summed E-state index contributed by atoms with van der Waals surface area (Å²) in [6.45, 7) is 4.89. The number of carbonyl (C=O) groups is 3. The van der Waals surface area contributed by atoms with Crippen LogP contribution in [0, 0.1) is 13.8 Å². The highest BCUT2D eigenvalue weighted by molar-refractivity contribution is 5.95. The van der Waals surface area contributed by atoms with Crippen LogP contribution in [0.25, 0.3) is 0 Å². The largest absolute Gasteiger partial charge is 0.484 e. The number of carbonyl (C=O) groups excluding carboxylic acids is 3. The molecule has 2 aromatic carbocycles. The smallest absolute Gasteiger partial charge is 0.258 e. The summed E-state index contributed by atoms with van der Waals surface area (Å²) in [5.41, 5.74) is 3.32. The average Bonchev–Trinajstić information content (AvgIpc) is 2.62. The van der Waals surface area contributed by atoms with E-state index in [1.807, 2.05) is 32.0 Å². The Bertz CT molecular complexity index is 811. The van der Waals surface area contributed by atoms with Crippen LogP contribution >= 0.6 is 0 Å². The van der Waals surface area contributed by atoms with Gasteiger partial charge in [-0.25, -0.2) is 0 Å². The average molecular weight is 369 g/mol. The number of para-hydroxylation sites is 1. The van der Waals surface area contributed by atoms with Gasteiger partial charge in [0.1, 0.15) is 5.75 Å². The number of benzene rings is 2. The van der Waals surface area contributed by atoms with Crippen molar-refractivity contribution in [2.24, 2.45) is 0 Å². The van der Waals surface area contributed by atoms with Gasteiger partial charge in [-0.15, -0.1) is 0 Å². The highest BCUT2D eigenvalue weighted by Crippen LogP contribution is 2.19. The molecule has 0 spiro atoms. The first-order valence-electron chi connectivity index (χ1n) is 8.48. The molecule has 27 heavy (non-hydrogen) atoms. The van der Waals surface area contributed by atoms with Gasteiger partial charge in [-0.3, -0.25) is 14.4 Å². The summed E-state index contributed by atoms with van der Waals surface area (Å²) in [5, 5.41) is 7.96. The van der Waals surface area contributed by atoms with Gasteiger partial charge in [0.2, 0.25) is 11.8 Å². The third-order valence-corrected chi connectivity index (χ3v) is 3.74. The van der Waals surface area contributed by atoms with Crippen LogP contribution in [0.5, 0.6) is 5.75 Å². The molecule has 2 rings (SSSR count). The zero-order valence-electron chi connectivity index (χ0n) is 15.6. The molecule has 0 aromatic heterocycles. The van der Waals surface area contributed by atoms with Crippen LogP contribution in [0.1, 0.15) is 18.1 Å². The van der Waals surface area contributed by atoms with Crippen molar-refractivity contribution in [2.75, 3.05) is 23.8 Å². The van der Waals surface area contributed by atoms with Crippen molar-refractivity contribution in [1.82, 2.24) is 5.32 Å². The van der Waals surface area contributed by atoms with Gasteiger partial charge < -0.3 is 20.7 Å². The Balaban J connectivity index is 1.76. The monoisotopic (exact) mass is 369 g/mol. The lowest BCUT2D eigenvalue weighted by Gasteiger charge is -2.12. The maximum absolute atomic E-state index is 12.0. The summed E-state index contributed by atoms with van der Waals surface area (Å²) in [6, 6.07) is 12.4. The van der Waals surface area contributed by atoms with E-state index in [4.69, 9.17) is 4.74 Å². The molecule has 0 bridgehead atoms. The number of aryl methyl sites for hydroxylation is 2. The molecule has 0 radical (unpaired) electrons. The van der Waals surface area contributed by atoms with Crippen LogP contribution in [0.3, 0.4) is 0 Å². The van der Waals surface area contributed by atoms with Gasteiger partial charge in [-0.05, 0) is 49.2 Å². The molecule has 0 saturated heterocycles. The Hall–Kier alpha value is -3.35. The number of hydrogen-bond donors (Lipinski definition) is 3. The van der Waals surface area contributed by atoms with Crippen LogP contribution in [-0.4, -0.2) is 30.9 Å². The van der Waals surface area contributed by atoms with Gasteiger partial charge in [0, 0.05) is 18.3 Å². The standard InChI is InChI=1S/C20H23N3O4/c1-13-5-4-6-14(2)20(13)23-18(25)11-21-19(26)12-27-17-9-7-16(8-10-17)22-15(3)24/h4-10H,11-12H2,1-3H3,(H,21,26)(H,22,24)(H,23,25). The molecule has 0 aliphatic carbocycles. The van der Waals surface area contributed by atoms with E-state index in [2.05, 4.69) is 16.0 Å². The van der Waals surface area contributed by atoms with Gasteiger partial charge >= 0.3 is 0 Å². The van der Waals surface area contributed by atoms with E-state index in [1.54, 1.807) is 24.3 Å². The topological polar surface area (TPSA) is 96.5 Å². The third kappa shape index (κ3) is 6.47. The number of nitrogens with one attached hydrogen (secondary N) is 3. The Labute approximate surface area is 158 Å². The van der Waals surface area contributed by atoms with Crippen molar-refractivity contribution in [3.8, 4) is 5.75 Å². The minimum absolute atomic E-state index is 0.141. The molecule has 0 heterocycles. The van der Waals surface area contributed by atoms with Gasteiger partial charge in [0.25, 0.3) is 5.91 Å². The van der Waals surface area contributed by atoms with Crippen LogP contribution in [0.2, 0.25) is 0 Å². The number of anilines is 2. The molecule has 0 aliphatic rings. The van der Waals surface area contributed by atoms with Gasteiger partial charge in [-0.1, -0.05) is 18.2 Å². The number of amides is 3. The summed E-state index contributed by atoms with van der Waals surface area (Å²) >= 11 is 0. The molecule has 0 saturated carbocycles. The summed E-state index contributed by atoms with van der Waals surface area (Å²) in [7, 11) is 0. The lowest BCUT2D eigenvalue weighted by Crippen LogP contribution is -2.36. The van der Waals surface area contributed by atoms with Crippen molar-refractivity contribution in [1.29, 1.82) is 0 Å². The summed E-state index contributed by atoms with van der Waals surface area (Å²) in [5.74, 6) is -0.389. The van der Waals surface area contributed by atoms with E-state index in [-0.39, 0.29) is 25.0 Å². The second kappa shape index (κ2) is 9.38. The van der Waals surface area contributed by atoms with Gasteiger partial charge in [-0.2, -0.15) is 0 Å². The van der Waals surface area contributed by atoms with Crippen LogP contribution in [-0.2, 0) is 14.4 Å². The second-order valence-electron chi connectivity index (χ2n) is 6.09. The summed E-state index contributed by atoms with van der Waals surface area (Å²) in [6.07, 6.45) is 0. The molecule has 0 aliphatic heterocycles. The minimum Gasteiger partial charge on any atom is -0.484 e. The predicted molar refractivity (Wildman–Crippen MR) is 104 cm³/mol. The Kier molecular flexibility index (Phi) is 6.93. The van der Waals surface area contributed by atoms with E-state index in [0.29, 0.717) is 11.4 Å². The zero-order valence-corrected chi connectivity index (χ0v) is 15.6. The molecule has 7 nitrogen and oxygen atoms in total. The lowest BCUT2D eigenvalue weighted by atomic mass is 10.1. The molecule has 2 aromatic rings. The molecule has 0 fully saturated rings. The highest BCUT2D eigenvalue weighted by Gasteiger charge is 2.09. The number of ether oxygens (including phenoxy) is 1. The molecule has 0 atom stereocenters. The van der Waals surface area contributed by atoms with Crippen molar-refractivity contribution in [3.63, 3.8) is 0 Å². The molecule has 0 unspecified atom stereocenters. The quantitative estimate of drug-likeness (QED) is 0.698. The van der Waals surface area contributed by atoms with Crippen LogP contribution in [0.4, 0.5) is 11.4 Å². The summed E-state index contributed by atoms with van der Waals surface area (Å²) in [4.78, 5) is 34.8. The first-order valence-corrected chi connectivity index (χ1v) is 8.48. The molecule has 3 N–H and O–H groups in total. The van der Waals surface area contributed by atoms with Crippen molar-refractivity contribution < 1.29 is 19.1 Å². The van der Waals surface area contributed by atoms with Crippen LogP contribution < -0.4 is 20.7 Å². The fourth-order valence-corrected chi connectivity index (χ4v) is 2.41. The number of hydrogen-bond acceptors (Lipinski definition) is 4. The van der Waals surface area contributed by atoms with E-state index < -0.39 is 5.91 Å². The predicted octanol–water partition coefficient (Wildman–Crippen LogP) is 2.40. The second-order valence-corrected chi connectivity index (χ2v) is 6.09. The maximum Gasteiger partial charge on any atom is 0.258 e. The molecular weight excluding hydrogens is 346 g/mol. The molecule has 7 heteroatoms. The molecule has 3 amide bonds. The molecule has 142 valence electrons. The minimum atomic E-state index is -0.405. The number of rotatable bonds is 7. The van der Waals surface area contributed by atoms with E-state index in [0.717, 1.165) is 16.8 Å². The zero-order chi connectivity index (χ0) is 19.8. The van der Waals surface area contributed by atoms with Crippen molar-refractivity contribution in [3.05, 3.63) is 53.6 Å². The Morgan fingerprint density at radius 1 is 0.889 bits per heavy atom. The van der Waals surface area contributed by atoms with E-state index in [1.165, 1.54) is 6.92 Å². The van der Waals surface area contributed by atoms with E-state index >= 15 is 0 Å².